The molecule has 13 rings (SSSR count). The first kappa shape index (κ1) is 45.3. The van der Waals surface area contributed by atoms with E-state index in [0.29, 0.717) is 11.8 Å². The van der Waals surface area contributed by atoms with Crippen LogP contribution in [0.1, 0.15) is 138 Å². The maximum atomic E-state index is 2.84. The molecule has 6 aliphatic rings. The molecule has 4 aliphatic heterocycles. The van der Waals surface area contributed by atoms with Gasteiger partial charge in [0.1, 0.15) is 0 Å². The zero-order chi connectivity index (χ0) is 49.7. The molecule has 2 aliphatic carbocycles. The molecule has 0 spiro atoms. The minimum Gasteiger partial charge on any atom is -0.334 e. The Balaban J connectivity index is 1.11. The van der Waals surface area contributed by atoms with Crippen LogP contribution in [0.4, 0.5) is 22.7 Å². The van der Waals surface area contributed by atoms with E-state index in [2.05, 4.69) is 267 Å². The second-order valence-electron chi connectivity index (χ2n) is 25.2. The molecule has 7 aromatic carbocycles. The van der Waals surface area contributed by atoms with Crippen LogP contribution < -0.4 is 20.7 Å². The van der Waals surface area contributed by atoms with Crippen molar-refractivity contribution < 1.29 is 0 Å². The van der Waals surface area contributed by atoms with Crippen LogP contribution in [0.5, 0.6) is 0 Å². The summed E-state index contributed by atoms with van der Waals surface area (Å²) in [5, 5.41) is 0. The molecule has 0 aromatic heterocycles. The maximum absolute atomic E-state index is 2.84. The quantitative estimate of drug-likeness (QED) is 0.0964. The van der Waals surface area contributed by atoms with Crippen LogP contribution in [0, 0.1) is 17.3 Å². The third kappa shape index (κ3) is 6.47. The van der Waals surface area contributed by atoms with Gasteiger partial charge in [-0.25, -0.2) is 0 Å². The number of hydrogen-bond donors (Lipinski definition) is 0. The van der Waals surface area contributed by atoms with Crippen LogP contribution in [-0.2, 0) is 21.7 Å². The van der Waals surface area contributed by atoms with Crippen LogP contribution >= 0.6 is 0 Å². The van der Waals surface area contributed by atoms with Crippen molar-refractivity contribution in [1.29, 1.82) is 0 Å². The summed E-state index contributed by atoms with van der Waals surface area (Å²) >= 11 is 0. The summed E-state index contributed by atoms with van der Waals surface area (Å²) in [6.07, 6.45) is 12.7. The summed E-state index contributed by atoms with van der Waals surface area (Å²) in [6, 6.07) is 63.8. The van der Waals surface area contributed by atoms with E-state index in [9.17, 15) is 0 Å². The minimum atomic E-state index is -0.343. The topological polar surface area (TPSA) is 6.48 Å². The van der Waals surface area contributed by atoms with Gasteiger partial charge in [-0.3, -0.25) is 0 Å². The molecule has 0 saturated heterocycles. The van der Waals surface area contributed by atoms with Gasteiger partial charge in [-0.05, 0) is 133 Å². The molecule has 0 N–H and O–H groups in total. The Bertz CT molecular complexity index is 3360. The molecule has 0 saturated carbocycles. The van der Waals surface area contributed by atoms with Gasteiger partial charge in [-0.1, -0.05) is 226 Å². The lowest BCUT2D eigenvalue weighted by molar-refractivity contribution is 0.251. The highest BCUT2D eigenvalue weighted by Crippen LogP contribution is 2.58. The SMILES string of the molecule is CC(C)(C)c1cc2c3c(c1)N1c4c5cc(cc4C4CC(C(C)(C)C)C=CC41)C(C)(C)c1cccc(c1)C(C)(c1ccccc1)C1C=C(B53)C(=CC1)N2c1ccc(C(C)(c2ccccc2)c2ccccc2)cc1. The van der Waals surface area contributed by atoms with Gasteiger partial charge in [0.15, 0.2) is 0 Å². The average molecular weight is 937 g/mol. The van der Waals surface area contributed by atoms with Crippen molar-refractivity contribution in [3.05, 3.63) is 249 Å². The largest absolute Gasteiger partial charge is 0.334 e. The van der Waals surface area contributed by atoms with Crippen LogP contribution in [0.3, 0.4) is 0 Å². The Hall–Kier alpha value is -6.58. The van der Waals surface area contributed by atoms with Crippen molar-refractivity contribution in [2.45, 2.75) is 116 Å². The fraction of sp³-hybridized carbons (Fsp3) is 0.304. The zero-order valence-corrected chi connectivity index (χ0v) is 44.1. The normalized spacial score (nSPS) is 23.2. The molecule has 358 valence electrons. The summed E-state index contributed by atoms with van der Waals surface area (Å²) in [6.45, 7) is 24.5. The minimum absolute atomic E-state index is 0.0640. The highest BCUT2D eigenvalue weighted by molar-refractivity contribution is 6.96. The zero-order valence-electron chi connectivity index (χ0n) is 44.1. The van der Waals surface area contributed by atoms with Gasteiger partial charge < -0.3 is 9.80 Å². The molecule has 7 aromatic rings. The van der Waals surface area contributed by atoms with Gasteiger partial charge in [0, 0.05) is 50.6 Å². The molecule has 72 heavy (non-hydrogen) atoms. The van der Waals surface area contributed by atoms with E-state index in [1.54, 1.807) is 5.56 Å². The fourth-order valence-electron chi connectivity index (χ4n) is 14.3. The lowest BCUT2D eigenvalue weighted by Crippen LogP contribution is -2.59. The summed E-state index contributed by atoms with van der Waals surface area (Å²) < 4.78 is 0. The fourth-order valence-corrected chi connectivity index (χ4v) is 14.3. The summed E-state index contributed by atoms with van der Waals surface area (Å²) in [7, 11) is 0. The Kier molecular flexibility index (Phi) is 9.89. The molecule has 2 nitrogen and oxygen atoms in total. The summed E-state index contributed by atoms with van der Waals surface area (Å²) in [5.41, 5.74) is 22.7. The first-order valence-corrected chi connectivity index (χ1v) is 26.9. The van der Waals surface area contributed by atoms with E-state index in [-0.39, 0.29) is 45.7 Å². The molecule has 5 atom stereocenters. The number of nitrogens with zero attached hydrogens (tertiary/aromatic N) is 2. The monoisotopic (exact) mass is 937 g/mol. The van der Waals surface area contributed by atoms with Crippen molar-refractivity contribution in [1.82, 2.24) is 0 Å². The third-order valence-electron chi connectivity index (χ3n) is 19.0. The van der Waals surface area contributed by atoms with E-state index >= 15 is 0 Å². The van der Waals surface area contributed by atoms with Crippen molar-refractivity contribution in [3.8, 4) is 0 Å². The first-order chi connectivity index (χ1) is 34.5. The number of fused-ring (bicyclic) bond motifs is 8. The van der Waals surface area contributed by atoms with Crippen LogP contribution in [-0.4, -0.2) is 12.8 Å². The lowest BCUT2D eigenvalue weighted by atomic mass is 9.31. The van der Waals surface area contributed by atoms with E-state index in [1.165, 1.54) is 89.4 Å². The number of allylic oxidation sites excluding steroid dienone is 4. The molecule has 0 fully saturated rings. The summed E-state index contributed by atoms with van der Waals surface area (Å²) in [4.78, 5) is 5.53. The predicted molar refractivity (Wildman–Crippen MR) is 305 cm³/mol. The molecule has 0 amide bonds. The Morgan fingerprint density at radius 1 is 0.569 bits per heavy atom. The number of hydrogen-bond acceptors (Lipinski definition) is 2. The second-order valence-corrected chi connectivity index (χ2v) is 25.2. The van der Waals surface area contributed by atoms with Gasteiger partial charge in [0.2, 0.25) is 0 Å². The highest BCUT2D eigenvalue weighted by Gasteiger charge is 2.54. The van der Waals surface area contributed by atoms with Crippen molar-refractivity contribution in [2.24, 2.45) is 17.3 Å². The second kappa shape index (κ2) is 15.7. The highest BCUT2D eigenvalue weighted by atomic mass is 15.2. The standard InChI is InChI=1S/C69H69BN2/c1-65(2,3)48-31-35-59-55(38-48)56-39-53-41-58-64(56)72(59)62-43-52(66(4,5)6)42-61-63(62)70(58)57-40-51(69(10,46-25-18-13-19-26-46)50-28-20-27-49(37-50)67(53,7)8)32-36-60(57)71(61)54-33-29-47(30-34-54)68(9,44-21-14-11-15-22-44)45-23-16-12-17-24-45/h11-31,33-37,39-43,48,51,55,59H,32,38H2,1-10H3. The van der Waals surface area contributed by atoms with Crippen LogP contribution in [0.15, 0.2) is 199 Å². The van der Waals surface area contributed by atoms with Crippen LogP contribution in [0.25, 0.3) is 0 Å². The van der Waals surface area contributed by atoms with E-state index < -0.39 is 0 Å². The van der Waals surface area contributed by atoms with Gasteiger partial charge >= 0.3 is 0 Å². The molecule has 0 radical (unpaired) electrons. The number of anilines is 4. The molecular weight excluding hydrogens is 868 g/mol. The van der Waals surface area contributed by atoms with Crippen molar-refractivity contribution >= 4 is 40.4 Å². The van der Waals surface area contributed by atoms with E-state index in [0.717, 1.165) is 12.8 Å². The van der Waals surface area contributed by atoms with Crippen LogP contribution in [0.2, 0.25) is 0 Å². The third-order valence-corrected chi connectivity index (χ3v) is 19.0. The molecule has 3 heteroatoms. The Labute approximate surface area is 430 Å². The number of benzene rings is 7. The summed E-state index contributed by atoms with van der Waals surface area (Å²) in [5.74, 6) is 1.09. The molecule has 5 unspecified atom stereocenters. The molecule has 6 bridgehead atoms. The lowest BCUT2D eigenvalue weighted by Gasteiger charge is -2.49. The maximum Gasteiger partial charge on any atom is 0.251 e. The van der Waals surface area contributed by atoms with Gasteiger partial charge in [0.05, 0.1) is 6.04 Å². The predicted octanol–water partition coefficient (Wildman–Crippen LogP) is 15.7. The van der Waals surface area contributed by atoms with Crippen molar-refractivity contribution in [2.75, 3.05) is 9.80 Å². The first-order valence-electron chi connectivity index (χ1n) is 26.9. The van der Waals surface area contributed by atoms with Crippen molar-refractivity contribution in [3.63, 3.8) is 0 Å². The van der Waals surface area contributed by atoms with Gasteiger partial charge in [0.25, 0.3) is 6.71 Å². The molecule has 4 heterocycles. The number of rotatable bonds is 5. The van der Waals surface area contributed by atoms with Gasteiger partial charge in [-0.15, -0.1) is 0 Å². The Morgan fingerprint density at radius 2 is 1.18 bits per heavy atom. The molecular formula is C69H69BN2. The van der Waals surface area contributed by atoms with E-state index in [1.807, 2.05) is 0 Å². The van der Waals surface area contributed by atoms with Gasteiger partial charge in [-0.2, -0.15) is 0 Å². The average Bonchev–Trinajstić information content (AvgIpc) is 3.73. The van der Waals surface area contributed by atoms with E-state index in [4.69, 9.17) is 0 Å². The Morgan fingerprint density at radius 3 is 1.83 bits per heavy atom. The smallest absolute Gasteiger partial charge is 0.251 e.